The number of hydrogen-bond donors (Lipinski definition) is 1. The lowest BCUT2D eigenvalue weighted by molar-refractivity contribution is -0.145. The van der Waals surface area contributed by atoms with Crippen molar-refractivity contribution in [1.29, 1.82) is 0 Å². The number of esters is 1. The monoisotopic (exact) mass is 534 g/mol. The number of halogens is 1. The molecule has 1 saturated heterocycles. The van der Waals surface area contributed by atoms with E-state index in [9.17, 15) is 4.79 Å². The summed E-state index contributed by atoms with van der Waals surface area (Å²) in [5.74, 6) is 2.13. The molecular weight excluding hydrogens is 499 g/mol. The molecule has 170 valence electrons. The zero-order chi connectivity index (χ0) is 21.6. The van der Waals surface area contributed by atoms with Crippen molar-refractivity contribution < 1.29 is 19.0 Å². The van der Waals surface area contributed by atoms with Crippen molar-refractivity contribution in [2.45, 2.75) is 13.0 Å². The van der Waals surface area contributed by atoms with E-state index in [0.717, 1.165) is 18.1 Å². The van der Waals surface area contributed by atoms with Crippen molar-refractivity contribution in [3.63, 3.8) is 0 Å². The number of rotatable bonds is 7. The maximum absolute atomic E-state index is 12.0. The minimum Gasteiger partial charge on any atom is -0.493 e. The SMILES string of the molecule is CN=C(NCC(c1ccc(OC)c(OC)c1)N(C)C)N1CC(C)C(C(=O)OC)C1.I. The van der Waals surface area contributed by atoms with E-state index in [4.69, 9.17) is 14.2 Å². The molecule has 0 aliphatic carbocycles. The summed E-state index contributed by atoms with van der Waals surface area (Å²) in [7, 11) is 10.5. The van der Waals surface area contributed by atoms with Crippen LogP contribution in [0.5, 0.6) is 11.5 Å². The quantitative estimate of drug-likeness (QED) is 0.249. The topological polar surface area (TPSA) is 75.6 Å². The molecule has 1 aromatic rings. The molecule has 0 saturated carbocycles. The van der Waals surface area contributed by atoms with Gasteiger partial charge in [-0.1, -0.05) is 13.0 Å². The Morgan fingerprint density at radius 3 is 2.43 bits per heavy atom. The number of nitrogens with one attached hydrogen (secondary N) is 1. The highest BCUT2D eigenvalue weighted by Crippen LogP contribution is 2.31. The number of carbonyl (C=O) groups excluding carboxylic acids is 1. The lowest BCUT2D eigenvalue weighted by atomic mass is 9.99. The number of carbonyl (C=O) groups is 1. The molecule has 2 rings (SSSR count). The first kappa shape index (κ1) is 26.3. The van der Waals surface area contributed by atoms with Gasteiger partial charge in [0.1, 0.15) is 0 Å². The van der Waals surface area contributed by atoms with Gasteiger partial charge in [-0.3, -0.25) is 9.79 Å². The number of aliphatic imine (C=N–C) groups is 1. The van der Waals surface area contributed by atoms with Gasteiger partial charge in [-0.25, -0.2) is 0 Å². The summed E-state index contributed by atoms with van der Waals surface area (Å²) in [6.07, 6.45) is 0. The van der Waals surface area contributed by atoms with Gasteiger partial charge in [-0.15, -0.1) is 24.0 Å². The molecular formula is C21H35IN4O4. The molecule has 1 aliphatic heterocycles. The van der Waals surface area contributed by atoms with Crippen LogP contribution in [0, 0.1) is 11.8 Å². The van der Waals surface area contributed by atoms with E-state index in [-0.39, 0.29) is 47.8 Å². The lowest BCUT2D eigenvalue weighted by Crippen LogP contribution is -2.43. The Balaban J connectivity index is 0.00000450. The van der Waals surface area contributed by atoms with Crippen LogP contribution in [-0.4, -0.2) is 83.8 Å². The van der Waals surface area contributed by atoms with Crippen LogP contribution >= 0.6 is 24.0 Å². The first-order chi connectivity index (χ1) is 13.9. The van der Waals surface area contributed by atoms with E-state index >= 15 is 0 Å². The standard InChI is InChI=1S/C21H34N4O4.HI/c1-14-12-25(13-16(14)20(26)29-7)21(22-2)23-11-17(24(3)4)15-8-9-18(27-5)19(10-15)28-6;/h8-10,14,16-17H,11-13H2,1-7H3,(H,22,23);1H. The average molecular weight is 534 g/mol. The number of methoxy groups -OCH3 is 3. The van der Waals surface area contributed by atoms with E-state index in [1.807, 2.05) is 32.3 Å². The van der Waals surface area contributed by atoms with Crippen LogP contribution in [0.15, 0.2) is 23.2 Å². The molecule has 1 fully saturated rings. The molecule has 0 bridgehead atoms. The van der Waals surface area contributed by atoms with Crippen molar-refractivity contribution in [2.75, 3.05) is 62.1 Å². The van der Waals surface area contributed by atoms with E-state index in [1.165, 1.54) is 7.11 Å². The molecule has 0 amide bonds. The summed E-state index contributed by atoms with van der Waals surface area (Å²) >= 11 is 0. The summed E-state index contributed by atoms with van der Waals surface area (Å²) < 4.78 is 15.7. The molecule has 3 unspecified atom stereocenters. The molecule has 1 N–H and O–H groups in total. The summed E-state index contributed by atoms with van der Waals surface area (Å²) in [5.41, 5.74) is 1.11. The molecule has 1 aliphatic rings. The van der Waals surface area contributed by atoms with Gasteiger partial charge in [0, 0.05) is 26.7 Å². The predicted molar refractivity (Wildman–Crippen MR) is 129 cm³/mol. The van der Waals surface area contributed by atoms with Gasteiger partial charge in [-0.2, -0.15) is 0 Å². The van der Waals surface area contributed by atoms with Gasteiger partial charge in [0.25, 0.3) is 0 Å². The zero-order valence-electron chi connectivity index (χ0n) is 19.0. The first-order valence-corrected chi connectivity index (χ1v) is 9.78. The number of likely N-dealkylation sites (tertiary alicyclic amines) is 1. The first-order valence-electron chi connectivity index (χ1n) is 9.78. The van der Waals surface area contributed by atoms with Crippen LogP contribution in [0.25, 0.3) is 0 Å². The van der Waals surface area contributed by atoms with Crippen molar-refractivity contribution in [1.82, 2.24) is 15.1 Å². The average Bonchev–Trinajstić information content (AvgIpc) is 3.11. The molecule has 3 atom stereocenters. The summed E-state index contributed by atoms with van der Waals surface area (Å²) in [6.45, 7) is 4.10. The molecule has 8 nitrogen and oxygen atoms in total. The number of guanidine groups is 1. The van der Waals surface area contributed by atoms with Crippen LogP contribution in [0.2, 0.25) is 0 Å². The number of likely N-dealkylation sites (N-methyl/N-ethyl adjacent to an activating group) is 1. The molecule has 30 heavy (non-hydrogen) atoms. The van der Waals surface area contributed by atoms with Gasteiger partial charge in [0.2, 0.25) is 0 Å². The largest absolute Gasteiger partial charge is 0.493 e. The van der Waals surface area contributed by atoms with Gasteiger partial charge >= 0.3 is 5.97 Å². The highest BCUT2D eigenvalue weighted by atomic mass is 127. The van der Waals surface area contributed by atoms with Crippen LogP contribution in [-0.2, 0) is 9.53 Å². The molecule has 0 radical (unpaired) electrons. The number of nitrogens with zero attached hydrogens (tertiary/aromatic N) is 3. The smallest absolute Gasteiger partial charge is 0.310 e. The van der Waals surface area contributed by atoms with Crippen LogP contribution in [0.4, 0.5) is 0 Å². The molecule has 0 aromatic heterocycles. The van der Waals surface area contributed by atoms with Crippen LogP contribution < -0.4 is 14.8 Å². The van der Waals surface area contributed by atoms with E-state index in [2.05, 4.69) is 27.0 Å². The van der Waals surface area contributed by atoms with E-state index in [1.54, 1.807) is 21.3 Å². The Hall–Kier alpha value is -1.75. The Morgan fingerprint density at radius 1 is 1.23 bits per heavy atom. The summed E-state index contributed by atoms with van der Waals surface area (Å²) in [4.78, 5) is 20.7. The van der Waals surface area contributed by atoms with E-state index in [0.29, 0.717) is 24.6 Å². The van der Waals surface area contributed by atoms with Gasteiger partial charge in [-0.05, 0) is 37.7 Å². The van der Waals surface area contributed by atoms with Crippen molar-refractivity contribution in [2.24, 2.45) is 16.8 Å². The molecule has 1 aromatic carbocycles. The lowest BCUT2D eigenvalue weighted by Gasteiger charge is -2.28. The maximum Gasteiger partial charge on any atom is 0.310 e. The normalized spacial score (nSPS) is 19.9. The van der Waals surface area contributed by atoms with E-state index < -0.39 is 0 Å². The second-order valence-electron chi connectivity index (χ2n) is 7.53. The Labute approximate surface area is 197 Å². The fourth-order valence-corrected chi connectivity index (χ4v) is 3.78. The second kappa shape index (κ2) is 12.2. The number of ether oxygens (including phenoxy) is 3. The van der Waals surface area contributed by atoms with Crippen molar-refractivity contribution in [3.05, 3.63) is 23.8 Å². The fraction of sp³-hybridized carbons (Fsp3) is 0.619. The molecule has 9 heteroatoms. The van der Waals surface area contributed by atoms with Crippen LogP contribution in [0.3, 0.4) is 0 Å². The second-order valence-corrected chi connectivity index (χ2v) is 7.53. The van der Waals surface area contributed by atoms with Crippen molar-refractivity contribution in [3.8, 4) is 11.5 Å². The third-order valence-corrected chi connectivity index (χ3v) is 5.50. The third-order valence-electron chi connectivity index (χ3n) is 5.50. The Bertz CT molecular complexity index is 729. The molecule has 0 spiro atoms. The molecule has 1 heterocycles. The van der Waals surface area contributed by atoms with Crippen LogP contribution in [0.1, 0.15) is 18.5 Å². The van der Waals surface area contributed by atoms with Crippen molar-refractivity contribution >= 4 is 35.9 Å². The van der Waals surface area contributed by atoms with Gasteiger partial charge in [0.05, 0.1) is 33.3 Å². The maximum atomic E-state index is 12.0. The minimum atomic E-state index is -0.160. The minimum absolute atomic E-state index is 0. The van der Waals surface area contributed by atoms with Gasteiger partial charge in [0.15, 0.2) is 17.5 Å². The fourth-order valence-electron chi connectivity index (χ4n) is 3.78. The Kier molecular flexibility index (Phi) is 10.7. The number of hydrogen-bond acceptors (Lipinski definition) is 6. The predicted octanol–water partition coefficient (Wildman–Crippen LogP) is 2.24. The highest BCUT2D eigenvalue weighted by molar-refractivity contribution is 14.0. The third kappa shape index (κ3) is 6.13. The summed E-state index contributed by atoms with van der Waals surface area (Å²) in [5, 5.41) is 3.47. The van der Waals surface area contributed by atoms with Gasteiger partial charge < -0.3 is 29.3 Å². The summed E-state index contributed by atoms with van der Waals surface area (Å²) in [6, 6.07) is 6.06. The highest BCUT2D eigenvalue weighted by Gasteiger charge is 2.37. The Morgan fingerprint density at radius 2 is 1.90 bits per heavy atom. The zero-order valence-corrected chi connectivity index (χ0v) is 21.3. The number of benzene rings is 1.